The van der Waals surface area contributed by atoms with Crippen molar-refractivity contribution in [1.82, 2.24) is 0 Å². The normalized spacial score (nSPS) is 52.2. The highest BCUT2D eigenvalue weighted by molar-refractivity contribution is 5.87. The molecule has 22 unspecified atom stereocenters. The van der Waals surface area contributed by atoms with Gasteiger partial charge in [-0.05, 0) is 98.7 Å². The molecule has 7 rings (SSSR count). The fourth-order valence-electron chi connectivity index (χ4n) is 14.4. The second-order valence-corrected chi connectivity index (χ2v) is 22.3. The van der Waals surface area contributed by atoms with Crippen LogP contribution < -0.4 is 0 Å². The Labute approximate surface area is 375 Å². The zero-order valence-electron chi connectivity index (χ0n) is 38.8. The number of carbonyl (C=O) groups excluding carboxylic acids is 1. The van der Waals surface area contributed by atoms with E-state index in [1.807, 2.05) is 20.8 Å². The summed E-state index contributed by atoms with van der Waals surface area (Å²) in [7, 11) is 0. The molecule has 22 atom stereocenters. The van der Waals surface area contributed by atoms with Gasteiger partial charge in [0.05, 0.1) is 42.5 Å². The largest absolute Gasteiger partial charge is 0.479 e. The maximum Gasteiger partial charge on any atom is 0.335 e. The van der Waals surface area contributed by atoms with Crippen molar-refractivity contribution in [3.8, 4) is 0 Å². The summed E-state index contributed by atoms with van der Waals surface area (Å²) < 4.78 is 30.2. The van der Waals surface area contributed by atoms with Crippen molar-refractivity contribution in [2.75, 3.05) is 6.61 Å². The van der Waals surface area contributed by atoms with E-state index in [1.54, 1.807) is 19.9 Å². The summed E-state index contributed by atoms with van der Waals surface area (Å²) in [6.07, 6.45) is -15.5. The van der Waals surface area contributed by atoms with Crippen LogP contribution in [0.4, 0.5) is 0 Å². The average molecular weight is 911 g/mol. The molecule has 0 spiro atoms. The topological polar surface area (TPSA) is 283 Å². The number of aliphatic carboxylic acids is 1. The number of hydrogen-bond acceptors (Lipinski definition) is 16. The Kier molecular flexibility index (Phi) is 13.1. The SMILES string of the molecule is CC=C(C)C(=O)OC1C(O)C(C)(C)CC2C3=CCC4C5(C)CCC(OC6OC(C(=O)O)C(O)C(O)C6OC6OC(C)C(O)C(O)C6O)C(C)(C)C5CCC4(C)C3(C)C(O)C(O)C21CO. The Morgan fingerprint density at radius 1 is 0.797 bits per heavy atom. The van der Waals surface area contributed by atoms with Crippen LogP contribution in [-0.2, 0) is 33.3 Å². The molecule has 7 aliphatic rings. The Hall–Kier alpha value is -2.10. The summed E-state index contributed by atoms with van der Waals surface area (Å²) in [4.78, 5) is 25.6. The van der Waals surface area contributed by atoms with Crippen LogP contribution in [0.1, 0.15) is 108 Å². The van der Waals surface area contributed by atoms with Crippen molar-refractivity contribution in [1.29, 1.82) is 0 Å². The van der Waals surface area contributed by atoms with Gasteiger partial charge in [-0.3, -0.25) is 0 Å². The van der Waals surface area contributed by atoms with Gasteiger partial charge in [0.25, 0.3) is 0 Å². The van der Waals surface area contributed by atoms with Crippen LogP contribution in [0.5, 0.6) is 0 Å². The number of allylic oxidation sites excluding steroid dienone is 2. The molecule has 364 valence electrons. The molecule has 0 aromatic rings. The lowest BCUT2D eigenvalue weighted by atomic mass is 9.32. The third-order valence-electron chi connectivity index (χ3n) is 18.6. The average Bonchev–Trinajstić information content (AvgIpc) is 3.23. The minimum Gasteiger partial charge on any atom is -0.479 e. The van der Waals surface area contributed by atoms with E-state index in [9.17, 15) is 60.7 Å². The maximum atomic E-state index is 13.3. The molecule has 17 heteroatoms. The number of carboxylic acids is 1. The van der Waals surface area contributed by atoms with Crippen molar-refractivity contribution in [3.63, 3.8) is 0 Å². The zero-order valence-corrected chi connectivity index (χ0v) is 38.8. The molecule has 2 aliphatic heterocycles. The first-order valence-corrected chi connectivity index (χ1v) is 23.1. The van der Waals surface area contributed by atoms with E-state index in [0.717, 1.165) is 5.57 Å². The van der Waals surface area contributed by atoms with Crippen LogP contribution in [0, 0.1) is 50.2 Å². The zero-order chi connectivity index (χ0) is 47.6. The van der Waals surface area contributed by atoms with E-state index in [2.05, 4.69) is 33.8 Å². The summed E-state index contributed by atoms with van der Waals surface area (Å²) in [6.45, 7) is 18.5. The van der Waals surface area contributed by atoms with Crippen LogP contribution in [0.2, 0.25) is 0 Å². The fourth-order valence-corrected chi connectivity index (χ4v) is 14.4. The first-order valence-electron chi connectivity index (χ1n) is 23.1. The van der Waals surface area contributed by atoms with Gasteiger partial charge in [-0.25, -0.2) is 9.59 Å². The number of aliphatic hydroxyl groups excluding tert-OH is 9. The van der Waals surface area contributed by atoms with Gasteiger partial charge in [-0.1, -0.05) is 66.2 Å². The number of rotatable bonds is 8. The van der Waals surface area contributed by atoms with Crippen LogP contribution in [0.15, 0.2) is 23.3 Å². The van der Waals surface area contributed by atoms with E-state index in [-0.39, 0.29) is 17.3 Å². The van der Waals surface area contributed by atoms with Gasteiger partial charge < -0.3 is 74.7 Å². The first kappa shape index (κ1) is 49.8. The molecule has 0 aromatic heterocycles. The van der Waals surface area contributed by atoms with Crippen molar-refractivity contribution in [2.24, 2.45) is 50.2 Å². The Bertz CT molecular complexity index is 1850. The van der Waals surface area contributed by atoms with Crippen LogP contribution >= 0.6 is 0 Å². The molecule has 0 radical (unpaired) electrons. The highest BCUT2D eigenvalue weighted by Gasteiger charge is 2.76. The molecule has 5 aliphatic carbocycles. The number of aliphatic hydroxyl groups is 9. The molecule has 4 saturated carbocycles. The number of hydrogen-bond donors (Lipinski definition) is 10. The van der Waals surface area contributed by atoms with Crippen LogP contribution in [0.25, 0.3) is 0 Å². The second kappa shape index (κ2) is 16.8. The maximum absolute atomic E-state index is 13.3. The molecule has 0 bridgehead atoms. The van der Waals surface area contributed by atoms with Crippen molar-refractivity contribution < 1.29 is 84.3 Å². The van der Waals surface area contributed by atoms with Gasteiger partial charge in [-0.15, -0.1) is 0 Å². The molecule has 0 amide bonds. The molecule has 64 heavy (non-hydrogen) atoms. The molecule has 0 aromatic carbocycles. The molecular formula is C47H74O17. The lowest BCUT2D eigenvalue weighted by Gasteiger charge is -2.73. The van der Waals surface area contributed by atoms with Gasteiger partial charge in [0.1, 0.15) is 42.7 Å². The predicted molar refractivity (Wildman–Crippen MR) is 225 cm³/mol. The molecular weight excluding hydrogens is 836 g/mol. The van der Waals surface area contributed by atoms with Gasteiger partial charge in [0.2, 0.25) is 0 Å². The standard InChI is InChI=1S/C47H74O17/c1-11-20(2)39(59)64-37-36(56)42(4,5)18-23-22-12-13-25-44(8)16-15-26(43(6,7)24(44)14-17-45(25,9)46(22,10)34(54)35(55)47(23,37)19-48)61-41-33(30(52)29(51)32(62-41)38(57)58)63-40-31(53)28(50)27(49)21(3)60-40/h11-12,21,23-37,40-41,48-56H,13-19H2,1-10H3,(H,57,58). The molecule has 6 fully saturated rings. The first-order chi connectivity index (χ1) is 29.6. The highest BCUT2D eigenvalue weighted by Crippen LogP contribution is 2.76. The van der Waals surface area contributed by atoms with Crippen molar-refractivity contribution >= 4 is 11.9 Å². The second-order valence-electron chi connectivity index (χ2n) is 22.3. The highest BCUT2D eigenvalue weighted by atomic mass is 16.8. The number of carbonyl (C=O) groups is 2. The summed E-state index contributed by atoms with van der Waals surface area (Å²) in [5, 5.41) is 112. The quantitative estimate of drug-likeness (QED) is 0.0711. The molecule has 2 heterocycles. The lowest BCUT2D eigenvalue weighted by molar-refractivity contribution is -0.372. The van der Waals surface area contributed by atoms with Gasteiger partial charge >= 0.3 is 11.9 Å². The van der Waals surface area contributed by atoms with E-state index >= 15 is 0 Å². The smallest absolute Gasteiger partial charge is 0.335 e. The summed E-state index contributed by atoms with van der Waals surface area (Å²) in [6, 6.07) is 0. The number of fused-ring (bicyclic) bond motifs is 7. The Balaban J connectivity index is 1.20. The Morgan fingerprint density at radius 3 is 2.06 bits per heavy atom. The van der Waals surface area contributed by atoms with Gasteiger partial charge in [0.15, 0.2) is 18.7 Å². The number of carboxylic acid groups (broad SMARTS) is 1. The van der Waals surface area contributed by atoms with E-state index < -0.39 is 143 Å². The minimum atomic E-state index is -1.95. The summed E-state index contributed by atoms with van der Waals surface area (Å²) >= 11 is 0. The summed E-state index contributed by atoms with van der Waals surface area (Å²) in [5.74, 6) is -2.83. The molecule has 10 N–H and O–H groups in total. The third kappa shape index (κ3) is 7.03. The van der Waals surface area contributed by atoms with E-state index in [4.69, 9.17) is 23.7 Å². The van der Waals surface area contributed by atoms with Crippen molar-refractivity contribution in [2.45, 2.75) is 200 Å². The number of ether oxygens (including phenoxy) is 5. The van der Waals surface area contributed by atoms with Crippen molar-refractivity contribution in [3.05, 3.63) is 23.3 Å². The predicted octanol–water partition coefficient (Wildman–Crippen LogP) is 1.31. The fraction of sp³-hybridized carbons (Fsp3) is 0.872. The van der Waals surface area contributed by atoms with Crippen LogP contribution in [0.3, 0.4) is 0 Å². The van der Waals surface area contributed by atoms with E-state index in [1.165, 1.54) is 6.92 Å². The van der Waals surface area contributed by atoms with E-state index in [0.29, 0.717) is 44.1 Å². The third-order valence-corrected chi connectivity index (χ3v) is 18.6. The van der Waals surface area contributed by atoms with Gasteiger partial charge in [-0.2, -0.15) is 0 Å². The lowest BCUT2D eigenvalue weighted by Crippen LogP contribution is -2.76. The van der Waals surface area contributed by atoms with Gasteiger partial charge in [0, 0.05) is 11.0 Å². The minimum absolute atomic E-state index is 0.0188. The Morgan fingerprint density at radius 2 is 1.45 bits per heavy atom. The summed E-state index contributed by atoms with van der Waals surface area (Å²) in [5.41, 5.74) is -3.83. The number of esters is 1. The molecule has 17 nitrogen and oxygen atoms in total. The molecule has 2 saturated heterocycles. The monoisotopic (exact) mass is 910 g/mol. The van der Waals surface area contributed by atoms with Crippen LogP contribution in [-0.4, -0.2) is 162 Å².